The monoisotopic (exact) mass is 240 g/mol. The molecule has 1 heterocycles. The van der Waals surface area contributed by atoms with E-state index in [2.05, 4.69) is 4.74 Å². The topological polar surface area (TPSA) is 61.8 Å². The van der Waals surface area contributed by atoms with Gasteiger partial charge in [0, 0.05) is 6.42 Å². The van der Waals surface area contributed by atoms with E-state index in [-0.39, 0.29) is 24.6 Å². The van der Waals surface area contributed by atoms with E-state index in [1.54, 1.807) is 19.9 Å². The number of hydrogen-bond donors (Lipinski definition) is 0. The molecular formula is C12H16O5. The smallest absolute Gasteiger partial charge is 0.308 e. The van der Waals surface area contributed by atoms with E-state index < -0.39 is 17.5 Å². The Balaban J connectivity index is 2.29. The molecule has 2 atom stereocenters. The number of rotatable bonds is 2. The molecule has 1 saturated heterocycles. The number of ketones is 1. The molecule has 5 heteroatoms. The number of allylic oxidation sites excluding steroid dienone is 1. The Morgan fingerprint density at radius 3 is 2.94 bits per heavy atom. The lowest BCUT2D eigenvalue weighted by atomic mass is 9.85. The molecule has 0 amide bonds. The third-order valence-electron chi connectivity index (χ3n) is 2.99. The van der Waals surface area contributed by atoms with E-state index >= 15 is 0 Å². The Morgan fingerprint density at radius 2 is 2.29 bits per heavy atom. The molecule has 2 unspecified atom stereocenters. The first-order valence-corrected chi connectivity index (χ1v) is 5.54. The number of hydrogen-bond acceptors (Lipinski definition) is 5. The van der Waals surface area contributed by atoms with Crippen molar-refractivity contribution in [2.75, 3.05) is 7.11 Å². The molecule has 0 aromatic heterocycles. The van der Waals surface area contributed by atoms with Crippen molar-refractivity contribution < 1.29 is 23.8 Å². The number of ether oxygens (including phenoxy) is 3. The highest BCUT2D eigenvalue weighted by molar-refractivity contribution is 5.92. The maximum Gasteiger partial charge on any atom is 0.308 e. The second-order valence-corrected chi connectivity index (χ2v) is 4.82. The molecule has 0 saturated carbocycles. The summed E-state index contributed by atoms with van der Waals surface area (Å²) in [6.07, 6.45) is 2.94. The van der Waals surface area contributed by atoms with Gasteiger partial charge in [-0.1, -0.05) is 0 Å². The van der Waals surface area contributed by atoms with Crippen LogP contribution in [0.5, 0.6) is 0 Å². The highest BCUT2D eigenvalue weighted by Gasteiger charge is 2.54. The predicted molar refractivity (Wildman–Crippen MR) is 58.2 cm³/mol. The zero-order chi connectivity index (χ0) is 12.7. The van der Waals surface area contributed by atoms with Crippen molar-refractivity contribution in [2.45, 2.75) is 44.2 Å². The molecule has 0 aromatic rings. The molecule has 2 rings (SSSR count). The van der Waals surface area contributed by atoms with E-state index in [1.165, 1.54) is 13.2 Å². The number of esters is 1. The Hall–Kier alpha value is -1.20. The van der Waals surface area contributed by atoms with Crippen LogP contribution in [0.3, 0.4) is 0 Å². The maximum absolute atomic E-state index is 11.4. The first kappa shape index (κ1) is 12.3. The quantitative estimate of drug-likeness (QED) is 0.673. The van der Waals surface area contributed by atoms with Crippen LogP contribution < -0.4 is 0 Å². The van der Waals surface area contributed by atoms with Crippen molar-refractivity contribution in [3.8, 4) is 0 Å². The first-order valence-electron chi connectivity index (χ1n) is 5.54. The van der Waals surface area contributed by atoms with Crippen LogP contribution in [0.15, 0.2) is 12.2 Å². The molecule has 0 bridgehead atoms. The zero-order valence-electron chi connectivity index (χ0n) is 10.2. The summed E-state index contributed by atoms with van der Waals surface area (Å²) in [5, 5.41) is 0. The summed E-state index contributed by atoms with van der Waals surface area (Å²) in [7, 11) is 1.33. The van der Waals surface area contributed by atoms with Crippen molar-refractivity contribution in [1.29, 1.82) is 0 Å². The highest BCUT2D eigenvalue weighted by atomic mass is 16.8. The van der Waals surface area contributed by atoms with Crippen LogP contribution in [-0.2, 0) is 23.8 Å². The van der Waals surface area contributed by atoms with Gasteiger partial charge in [-0.25, -0.2) is 0 Å². The SMILES string of the molecule is COC(=O)CC12C=CC(=O)CC1OC(C)(C)O2. The molecule has 0 aromatic carbocycles. The third-order valence-corrected chi connectivity index (χ3v) is 2.99. The van der Waals surface area contributed by atoms with Crippen LogP contribution in [-0.4, -0.2) is 36.4 Å². The number of methoxy groups -OCH3 is 1. The van der Waals surface area contributed by atoms with Gasteiger partial charge in [0.25, 0.3) is 0 Å². The van der Waals surface area contributed by atoms with Crippen molar-refractivity contribution in [3.63, 3.8) is 0 Å². The van der Waals surface area contributed by atoms with Crippen LogP contribution in [0, 0.1) is 0 Å². The van der Waals surface area contributed by atoms with Crippen LogP contribution in [0.2, 0.25) is 0 Å². The van der Waals surface area contributed by atoms with Gasteiger partial charge in [-0.05, 0) is 26.0 Å². The van der Waals surface area contributed by atoms with Gasteiger partial charge < -0.3 is 14.2 Å². The standard InChI is InChI=1S/C12H16O5/c1-11(2)16-9-6-8(13)4-5-12(9,17-11)7-10(14)15-3/h4-5,9H,6-7H2,1-3H3. The van der Waals surface area contributed by atoms with E-state index in [0.29, 0.717) is 0 Å². The molecule has 5 nitrogen and oxygen atoms in total. The average molecular weight is 240 g/mol. The maximum atomic E-state index is 11.4. The van der Waals surface area contributed by atoms with Crippen LogP contribution in [0.4, 0.5) is 0 Å². The molecule has 2 aliphatic rings. The van der Waals surface area contributed by atoms with Crippen molar-refractivity contribution in [2.24, 2.45) is 0 Å². The van der Waals surface area contributed by atoms with E-state index in [1.807, 2.05) is 0 Å². The molecule has 1 aliphatic carbocycles. The Kier molecular flexibility index (Phi) is 2.83. The molecule has 0 radical (unpaired) electrons. The summed E-state index contributed by atoms with van der Waals surface area (Å²) < 4.78 is 16.1. The number of carbonyl (C=O) groups excluding carboxylic acids is 2. The van der Waals surface area contributed by atoms with Gasteiger partial charge in [0.15, 0.2) is 11.6 Å². The Morgan fingerprint density at radius 1 is 1.59 bits per heavy atom. The summed E-state index contributed by atoms with van der Waals surface area (Å²) in [4.78, 5) is 22.8. The second-order valence-electron chi connectivity index (χ2n) is 4.82. The lowest BCUT2D eigenvalue weighted by molar-refractivity contribution is -0.163. The van der Waals surface area contributed by atoms with Gasteiger partial charge in [-0.2, -0.15) is 0 Å². The zero-order valence-corrected chi connectivity index (χ0v) is 10.2. The number of carbonyl (C=O) groups is 2. The van der Waals surface area contributed by atoms with Crippen molar-refractivity contribution in [1.82, 2.24) is 0 Å². The highest BCUT2D eigenvalue weighted by Crippen LogP contribution is 2.43. The molecule has 17 heavy (non-hydrogen) atoms. The Bertz CT molecular complexity index is 384. The fourth-order valence-electron chi connectivity index (χ4n) is 2.34. The normalized spacial score (nSPS) is 34.5. The van der Waals surface area contributed by atoms with Gasteiger partial charge in [-0.3, -0.25) is 9.59 Å². The van der Waals surface area contributed by atoms with Gasteiger partial charge in [0.1, 0.15) is 11.7 Å². The fourth-order valence-corrected chi connectivity index (χ4v) is 2.34. The van der Waals surface area contributed by atoms with Crippen LogP contribution in [0.25, 0.3) is 0 Å². The minimum Gasteiger partial charge on any atom is -0.469 e. The van der Waals surface area contributed by atoms with E-state index in [9.17, 15) is 9.59 Å². The van der Waals surface area contributed by atoms with Crippen LogP contribution in [0.1, 0.15) is 26.7 Å². The number of fused-ring (bicyclic) bond motifs is 1. The van der Waals surface area contributed by atoms with Crippen molar-refractivity contribution >= 4 is 11.8 Å². The van der Waals surface area contributed by atoms with Gasteiger partial charge in [-0.15, -0.1) is 0 Å². The summed E-state index contributed by atoms with van der Waals surface area (Å²) in [6, 6.07) is 0. The third kappa shape index (κ3) is 2.25. The summed E-state index contributed by atoms with van der Waals surface area (Å²) in [6.45, 7) is 3.53. The minimum atomic E-state index is -0.871. The molecule has 0 spiro atoms. The molecule has 1 fully saturated rings. The van der Waals surface area contributed by atoms with Crippen molar-refractivity contribution in [3.05, 3.63) is 12.2 Å². The average Bonchev–Trinajstić information content (AvgIpc) is 2.48. The van der Waals surface area contributed by atoms with E-state index in [0.717, 1.165) is 0 Å². The van der Waals surface area contributed by atoms with Gasteiger partial charge in [0.05, 0.1) is 13.5 Å². The second kappa shape index (κ2) is 3.92. The van der Waals surface area contributed by atoms with Gasteiger partial charge in [0.2, 0.25) is 0 Å². The lowest BCUT2D eigenvalue weighted by Crippen LogP contribution is -2.44. The Labute approximate surface area is 99.7 Å². The van der Waals surface area contributed by atoms with E-state index in [4.69, 9.17) is 9.47 Å². The van der Waals surface area contributed by atoms with Gasteiger partial charge >= 0.3 is 5.97 Å². The summed E-state index contributed by atoms with van der Waals surface area (Å²) in [5.74, 6) is -1.19. The summed E-state index contributed by atoms with van der Waals surface area (Å²) >= 11 is 0. The summed E-state index contributed by atoms with van der Waals surface area (Å²) in [5.41, 5.74) is -0.871. The van der Waals surface area contributed by atoms with Crippen LogP contribution >= 0.6 is 0 Å². The fraction of sp³-hybridized carbons (Fsp3) is 0.667. The molecule has 0 N–H and O–H groups in total. The molecular weight excluding hydrogens is 224 g/mol. The largest absolute Gasteiger partial charge is 0.469 e. The lowest BCUT2D eigenvalue weighted by Gasteiger charge is -2.30. The molecule has 94 valence electrons. The molecule has 1 aliphatic heterocycles. The predicted octanol–water partition coefficient (Wildman–Crippen LogP) is 0.969. The first-order chi connectivity index (χ1) is 7.87. The minimum absolute atomic E-state index is 0.0169.